The first-order valence-electron chi connectivity index (χ1n) is 3.78. The highest BCUT2D eigenvalue weighted by Gasteiger charge is 2.03. The van der Waals surface area contributed by atoms with Crippen LogP contribution in [-0.2, 0) is 0 Å². The molecule has 0 aliphatic carbocycles. The first-order chi connectivity index (χ1) is 6.25. The quantitative estimate of drug-likeness (QED) is 0.743. The first kappa shape index (κ1) is 8.12. The lowest BCUT2D eigenvalue weighted by molar-refractivity contribution is 1.10. The second-order valence-electron chi connectivity index (χ2n) is 2.63. The Morgan fingerprint density at radius 1 is 1.38 bits per heavy atom. The Morgan fingerprint density at radius 2 is 2.23 bits per heavy atom. The molecule has 0 bridgehead atoms. The number of hydrogen-bond donors (Lipinski definition) is 1. The van der Waals surface area contributed by atoms with E-state index in [1.54, 1.807) is 6.20 Å². The van der Waals surface area contributed by atoms with Gasteiger partial charge in [0.25, 0.3) is 0 Å². The van der Waals surface area contributed by atoms with Gasteiger partial charge in [0, 0.05) is 17.5 Å². The van der Waals surface area contributed by atoms with E-state index in [-0.39, 0.29) is 0 Å². The summed E-state index contributed by atoms with van der Waals surface area (Å²) in [6.45, 7) is 1.94. The molecule has 0 aromatic carbocycles. The Labute approximate surface area is 79.5 Å². The van der Waals surface area contributed by atoms with Gasteiger partial charge in [0.05, 0.1) is 0 Å². The lowest BCUT2D eigenvalue weighted by atomic mass is 10.2. The van der Waals surface area contributed by atoms with E-state index in [1.165, 1.54) is 11.3 Å². The Balaban J connectivity index is 2.46. The van der Waals surface area contributed by atoms with Gasteiger partial charge < -0.3 is 5.73 Å². The van der Waals surface area contributed by atoms with E-state index in [2.05, 4.69) is 15.2 Å². The largest absolute Gasteiger partial charge is 0.374 e. The van der Waals surface area contributed by atoms with Gasteiger partial charge in [-0.05, 0) is 19.1 Å². The molecule has 0 aliphatic rings. The molecule has 0 saturated carbocycles. The topological polar surface area (TPSA) is 64.7 Å². The number of nitrogens with two attached hydrogens (primary N) is 1. The zero-order valence-electron chi connectivity index (χ0n) is 7.06. The van der Waals surface area contributed by atoms with Gasteiger partial charge in [0.1, 0.15) is 5.01 Å². The fraction of sp³-hybridized carbons (Fsp3) is 0.125. The summed E-state index contributed by atoms with van der Waals surface area (Å²) in [5.41, 5.74) is 7.46. The molecule has 0 spiro atoms. The number of nitrogens with zero attached hydrogens (tertiary/aromatic N) is 3. The third-order valence-corrected chi connectivity index (χ3v) is 2.39. The number of pyridine rings is 1. The monoisotopic (exact) mass is 192 g/mol. The fourth-order valence-corrected chi connectivity index (χ4v) is 1.64. The summed E-state index contributed by atoms with van der Waals surface area (Å²) >= 11 is 1.38. The molecule has 13 heavy (non-hydrogen) atoms. The van der Waals surface area contributed by atoms with Gasteiger partial charge in [-0.2, -0.15) is 0 Å². The van der Waals surface area contributed by atoms with Crippen molar-refractivity contribution in [1.82, 2.24) is 15.2 Å². The Morgan fingerprint density at radius 3 is 2.85 bits per heavy atom. The van der Waals surface area contributed by atoms with Crippen molar-refractivity contribution in [3.63, 3.8) is 0 Å². The van der Waals surface area contributed by atoms with Crippen LogP contribution in [0.15, 0.2) is 18.3 Å². The lowest BCUT2D eigenvalue weighted by Crippen LogP contribution is -1.82. The molecule has 0 radical (unpaired) electrons. The maximum Gasteiger partial charge on any atom is 0.203 e. The predicted molar refractivity (Wildman–Crippen MR) is 52.3 cm³/mol. The van der Waals surface area contributed by atoms with Gasteiger partial charge in [-0.3, -0.25) is 4.98 Å². The van der Waals surface area contributed by atoms with Crippen LogP contribution in [0.4, 0.5) is 5.13 Å². The van der Waals surface area contributed by atoms with Crippen molar-refractivity contribution in [3.05, 3.63) is 24.0 Å². The van der Waals surface area contributed by atoms with E-state index in [1.807, 2.05) is 19.1 Å². The molecule has 0 saturated heterocycles. The van der Waals surface area contributed by atoms with Gasteiger partial charge in [0.15, 0.2) is 0 Å². The third kappa shape index (κ3) is 1.65. The zero-order chi connectivity index (χ0) is 9.26. The molecule has 0 fully saturated rings. The van der Waals surface area contributed by atoms with E-state index in [0.717, 1.165) is 16.3 Å². The molecule has 2 N–H and O–H groups in total. The summed E-state index contributed by atoms with van der Waals surface area (Å²) in [6, 6.07) is 3.85. The molecule has 5 heteroatoms. The van der Waals surface area contributed by atoms with Crippen molar-refractivity contribution in [1.29, 1.82) is 0 Å². The van der Waals surface area contributed by atoms with E-state index < -0.39 is 0 Å². The second kappa shape index (κ2) is 3.10. The van der Waals surface area contributed by atoms with Crippen LogP contribution in [0.2, 0.25) is 0 Å². The van der Waals surface area contributed by atoms with Crippen LogP contribution in [0.25, 0.3) is 10.6 Å². The number of aromatic nitrogens is 3. The smallest absolute Gasteiger partial charge is 0.203 e. The van der Waals surface area contributed by atoms with Crippen LogP contribution in [0, 0.1) is 6.92 Å². The Bertz CT molecular complexity index is 424. The van der Waals surface area contributed by atoms with Gasteiger partial charge in [-0.15, -0.1) is 10.2 Å². The molecule has 0 aliphatic heterocycles. The van der Waals surface area contributed by atoms with E-state index >= 15 is 0 Å². The average molecular weight is 192 g/mol. The van der Waals surface area contributed by atoms with Crippen LogP contribution < -0.4 is 5.73 Å². The van der Waals surface area contributed by atoms with Crippen molar-refractivity contribution >= 4 is 16.5 Å². The molecule has 2 aromatic rings. The van der Waals surface area contributed by atoms with Gasteiger partial charge in [-0.25, -0.2) is 0 Å². The third-order valence-electron chi connectivity index (χ3n) is 1.58. The van der Waals surface area contributed by atoms with E-state index in [0.29, 0.717) is 5.13 Å². The minimum absolute atomic E-state index is 0.490. The Hall–Kier alpha value is -1.49. The molecule has 2 heterocycles. The van der Waals surface area contributed by atoms with E-state index in [4.69, 9.17) is 5.73 Å². The summed E-state index contributed by atoms with van der Waals surface area (Å²) in [7, 11) is 0. The van der Waals surface area contributed by atoms with Crippen LogP contribution in [0.1, 0.15) is 5.69 Å². The molecular weight excluding hydrogens is 184 g/mol. The molecule has 0 atom stereocenters. The maximum atomic E-state index is 5.48. The minimum atomic E-state index is 0.490. The summed E-state index contributed by atoms with van der Waals surface area (Å²) in [4.78, 5) is 4.10. The molecular formula is C8H8N4S. The fourth-order valence-electron chi connectivity index (χ4n) is 1.03. The van der Waals surface area contributed by atoms with Crippen LogP contribution in [0.3, 0.4) is 0 Å². The molecule has 0 unspecified atom stereocenters. The molecule has 0 amide bonds. The maximum absolute atomic E-state index is 5.48. The SMILES string of the molecule is Cc1cc(-c2nnc(N)s2)ccn1. The summed E-state index contributed by atoms with van der Waals surface area (Å²) in [5.74, 6) is 0. The number of aryl methyl sites for hydroxylation is 1. The zero-order valence-corrected chi connectivity index (χ0v) is 7.88. The predicted octanol–water partition coefficient (Wildman–Crippen LogP) is 1.49. The normalized spacial score (nSPS) is 10.2. The highest BCUT2D eigenvalue weighted by Crippen LogP contribution is 2.24. The average Bonchev–Trinajstić information content (AvgIpc) is 2.52. The highest BCUT2D eigenvalue weighted by atomic mass is 32.1. The van der Waals surface area contributed by atoms with Crippen LogP contribution in [-0.4, -0.2) is 15.2 Å². The van der Waals surface area contributed by atoms with Gasteiger partial charge in [-0.1, -0.05) is 11.3 Å². The second-order valence-corrected chi connectivity index (χ2v) is 3.64. The number of hydrogen-bond acceptors (Lipinski definition) is 5. The van der Waals surface area contributed by atoms with Crippen molar-refractivity contribution < 1.29 is 0 Å². The summed E-state index contributed by atoms with van der Waals surface area (Å²) < 4.78 is 0. The van der Waals surface area contributed by atoms with Crippen molar-refractivity contribution in [2.75, 3.05) is 5.73 Å². The van der Waals surface area contributed by atoms with Crippen LogP contribution in [0.5, 0.6) is 0 Å². The van der Waals surface area contributed by atoms with Gasteiger partial charge >= 0.3 is 0 Å². The summed E-state index contributed by atoms with van der Waals surface area (Å²) in [6.07, 6.45) is 1.75. The number of rotatable bonds is 1. The van der Waals surface area contributed by atoms with Gasteiger partial charge in [0.2, 0.25) is 5.13 Å². The van der Waals surface area contributed by atoms with Crippen molar-refractivity contribution in [2.45, 2.75) is 6.92 Å². The van der Waals surface area contributed by atoms with E-state index in [9.17, 15) is 0 Å². The molecule has 2 rings (SSSR count). The Kier molecular flexibility index (Phi) is 1.94. The van der Waals surface area contributed by atoms with Crippen molar-refractivity contribution in [2.24, 2.45) is 0 Å². The molecule has 66 valence electrons. The lowest BCUT2D eigenvalue weighted by Gasteiger charge is -1.94. The standard InChI is InChI=1S/C8H8N4S/c1-5-4-6(2-3-10-5)7-11-12-8(9)13-7/h2-4H,1H3,(H2,9,12). The summed E-state index contributed by atoms with van der Waals surface area (Å²) in [5, 5.41) is 9.02. The van der Waals surface area contributed by atoms with Crippen LogP contribution >= 0.6 is 11.3 Å². The first-order valence-corrected chi connectivity index (χ1v) is 4.59. The highest BCUT2D eigenvalue weighted by molar-refractivity contribution is 7.18. The van der Waals surface area contributed by atoms with Crippen molar-refractivity contribution in [3.8, 4) is 10.6 Å². The molecule has 2 aromatic heterocycles. The number of nitrogen functional groups attached to an aromatic ring is 1. The number of anilines is 1. The minimum Gasteiger partial charge on any atom is -0.374 e. The molecule has 4 nitrogen and oxygen atoms in total.